The van der Waals surface area contributed by atoms with Crippen molar-refractivity contribution in [3.05, 3.63) is 38.8 Å². The van der Waals surface area contributed by atoms with Gasteiger partial charge >= 0.3 is 0 Å². The van der Waals surface area contributed by atoms with Crippen molar-refractivity contribution < 1.29 is 0 Å². The average molecular weight is 326 g/mol. The van der Waals surface area contributed by atoms with Crippen molar-refractivity contribution in [2.45, 2.75) is 52.6 Å². The summed E-state index contributed by atoms with van der Waals surface area (Å²) in [4.78, 5) is 0. The van der Waals surface area contributed by atoms with Crippen LogP contribution in [0.2, 0.25) is 5.02 Å². The molecule has 0 saturated heterocycles. The maximum absolute atomic E-state index is 6.44. The summed E-state index contributed by atoms with van der Waals surface area (Å²) in [5.74, 6) is 0. The Bertz CT molecular complexity index is 548. The van der Waals surface area contributed by atoms with Crippen LogP contribution in [0.25, 0.3) is 0 Å². The molecular weight excluding hydrogens is 302 g/mol. The molecule has 1 atom stereocenters. The second-order valence-electron chi connectivity index (χ2n) is 5.35. The molecule has 0 bridgehead atoms. The Balaban J connectivity index is 2.14. The van der Waals surface area contributed by atoms with Gasteiger partial charge in [0.05, 0.1) is 16.4 Å². The lowest BCUT2D eigenvalue weighted by Crippen LogP contribution is -2.34. The van der Waals surface area contributed by atoms with Gasteiger partial charge in [0.25, 0.3) is 0 Å². The average Bonchev–Trinajstić information content (AvgIpc) is 3.08. The highest BCUT2D eigenvalue weighted by molar-refractivity contribution is 7.07. The molecule has 1 N–H and O–H groups in total. The third-order valence-corrected chi connectivity index (χ3v) is 4.86. The van der Waals surface area contributed by atoms with Crippen LogP contribution in [0.1, 0.15) is 37.2 Å². The van der Waals surface area contributed by atoms with Gasteiger partial charge < -0.3 is 5.32 Å². The third kappa shape index (κ3) is 4.31. The summed E-state index contributed by atoms with van der Waals surface area (Å²) < 4.78 is 2.03. The predicted octanol–water partition coefficient (Wildman–Crippen LogP) is 4.08. The zero-order valence-electron chi connectivity index (χ0n) is 13.0. The molecule has 2 rings (SSSR count). The number of aromatic nitrogens is 2. The van der Waals surface area contributed by atoms with Gasteiger partial charge in [0, 0.05) is 19.0 Å². The molecular formula is C16H24ClN3S. The molecule has 2 heterocycles. The summed E-state index contributed by atoms with van der Waals surface area (Å²) in [6, 6.07) is 2.60. The van der Waals surface area contributed by atoms with Crippen LogP contribution in [0, 0.1) is 6.92 Å². The van der Waals surface area contributed by atoms with E-state index in [2.05, 4.69) is 41.1 Å². The predicted molar refractivity (Wildman–Crippen MR) is 91.5 cm³/mol. The minimum Gasteiger partial charge on any atom is -0.313 e. The standard InChI is InChI=1S/C16H24ClN3S/c1-4-7-18-14(9-13-6-8-21-11-13)10-15-16(17)12(3)19-20(15)5-2/h6,8,11,14,18H,4-5,7,9-10H2,1-3H3. The molecule has 21 heavy (non-hydrogen) atoms. The number of thiophene rings is 1. The summed E-state index contributed by atoms with van der Waals surface area (Å²) in [5, 5.41) is 13.4. The third-order valence-electron chi connectivity index (χ3n) is 3.64. The van der Waals surface area contributed by atoms with E-state index in [-0.39, 0.29) is 0 Å². The molecule has 0 fully saturated rings. The Morgan fingerprint density at radius 3 is 2.81 bits per heavy atom. The van der Waals surface area contributed by atoms with E-state index in [4.69, 9.17) is 11.6 Å². The lowest BCUT2D eigenvalue weighted by molar-refractivity contribution is 0.484. The van der Waals surface area contributed by atoms with E-state index in [1.807, 2.05) is 11.6 Å². The fraction of sp³-hybridized carbons (Fsp3) is 0.562. The number of nitrogens with zero attached hydrogens (tertiary/aromatic N) is 2. The van der Waals surface area contributed by atoms with Crippen LogP contribution in [0.3, 0.4) is 0 Å². The van der Waals surface area contributed by atoms with Crippen LogP contribution in [-0.2, 0) is 19.4 Å². The van der Waals surface area contributed by atoms with Crippen LogP contribution < -0.4 is 5.32 Å². The van der Waals surface area contributed by atoms with E-state index in [1.54, 1.807) is 11.3 Å². The molecule has 3 nitrogen and oxygen atoms in total. The van der Waals surface area contributed by atoms with Gasteiger partial charge in [-0.1, -0.05) is 18.5 Å². The van der Waals surface area contributed by atoms with Crippen molar-refractivity contribution in [1.82, 2.24) is 15.1 Å². The van der Waals surface area contributed by atoms with E-state index >= 15 is 0 Å². The van der Waals surface area contributed by atoms with Crippen molar-refractivity contribution in [1.29, 1.82) is 0 Å². The number of hydrogen-bond acceptors (Lipinski definition) is 3. The lowest BCUT2D eigenvalue weighted by Gasteiger charge is -2.19. The zero-order chi connectivity index (χ0) is 15.2. The van der Waals surface area contributed by atoms with Gasteiger partial charge in [-0.3, -0.25) is 4.68 Å². The Hall–Kier alpha value is -0.840. The largest absolute Gasteiger partial charge is 0.313 e. The molecule has 0 aliphatic carbocycles. The monoisotopic (exact) mass is 325 g/mol. The Morgan fingerprint density at radius 2 is 2.19 bits per heavy atom. The highest BCUT2D eigenvalue weighted by Crippen LogP contribution is 2.22. The molecule has 2 aromatic rings. The molecule has 0 spiro atoms. The van der Waals surface area contributed by atoms with Gasteiger partial charge in [-0.2, -0.15) is 16.4 Å². The fourth-order valence-electron chi connectivity index (χ4n) is 2.56. The Morgan fingerprint density at radius 1 is 1.38 bits per heavy atom. The molecule has 0 radical (unpaired) electrons. The van der Waals surface area contributed by atoms with E-state index in [0.717, 1.165) is 48.8 Å². The second kappa shape index (κ2) is 7.97. The van der Waals surface area contributed by atoms with E-state index in [1.165, 1.54) is 5.56 Å². The van der Waals surface area contributed by atoms with Gasteiger partial charge in [0.1, 0.15) is 0 Å². The van der Waals surface area contributed by atoms with Crippen LogP contribution in [-0.4, -0.2) is 22.4 Å². The minimum absolute atomic E-state index is 0.401. The number of aryl methyl sites for hydroxylation is 2. The van der Waals surface area contributed by atoms with Crippen molar-refractivity contribution >= 4 is 22.9 Å². The first-order valence-electron chi connectivity index (χ1n) is 7.61. The topological polar surface area (TPSA) is 29.9 Å². The van der Waals surface area contributed by atoms with Gasteiger partial charge in [-0.05, 0) is 55.6 Å². The number of rotatable bonds is 8. The van der Waals surface area contributed by atoms with Crippen molar-refractivity contribution in [3.63, 3.8) is 0 Å². The quantitative estimate of drug-likeness (QED) is 0.792. The van der Waals surface area contributed by atoms with Crippen LogP contribution in [0.4, 0.5) is 0 Å². The zero-order valence-corrected chi connectivity index (χ0v) is 14.6. The molecule has 116 valence electrons. The Labute approximate surface area is 136 Å². The van der Waals surface area contributed by atoms with Crippen LogP contribution >= 0.6 is 22.9 Å². The molecule has 0 aromatic carbocycles. The smallest absolute Gasteiger partial charge is 0.0847 e. The molecule has 0 amide bonds. The van der Waals surface area contributed by atoms with Crippen molar-refractivity contribution in [2.75, 3.05) is 6.54 Å². The van der Waals surface area contributed by atoms with Crippen LogP contribution in [0.5, 0.6) is 0 Å². The highest BCUT2D eigenvalue weighted by atomic mass is 35.5. The van der Waals surface area contributed by atoms with Gasteiger partial charge in [0.15, 0.2) is 0 Å². The Kier molecular flexibility index (Phi) is 6.27. The first kappa shape index (κ1) is 16.5. The number of halogens is 1. The van der Waals surface area contributed by atoms with Crippen LogP contribution in [0.15, 0.2) is 16.8 Å². The van der Waals surface area contributed by atoms with E-state index in [0.29, 0.717) is 6.04 Å². The molecule has 0 aliphatic heterocycles. The normalized spacial score (nSPS) is 12.8. The van der Waals surface area contributed by atoms with E-state index < -0.39 is 0 Å². The van der Waals surface area contributed by atoms with Gasteiger partial charge in [-0.25, -0.2) is 0 Å². The molecule has 2 aromatic heterocycles. The first-order valence-corrected chi connectivity index (χ1v) is 8.94. The maximum atomic E-state index is 6.44. The fourth-order valence-corrected chi connectivity index (χ4v) is 3.45. The first-order chi connectivity index (χ1) is 10.2. The summed E-state index contributed by atoms with van der Waals surface area (Å²) in [5.41, 5.74) is 3.47. The van der Waals surface area contributed by atoms with Gasteiger partial charge in [-0.15, -0.1) is 0 Å². The van der Waals surface area contributed by atoms with E-state index in [9.17, 15) is 0 Å². The summed E-state index contributed by atoms with van der Waals surface area (Å²) in [6.07, 6.45) is 3.09. The lowest BCUT2D eigenvalue weighted by atomic mass is 10.0. The molecule has 0 saturated carbocycles. The minimum atomic E-state index is 0.401. The molecule has 1 unspecified atom stereocenters. The second-order valence-corrected chi connectivity index (χ2v) is 6.51. The molecule has 0 aliphatic rings. The maximum Gasteiger partial charge on any atom is 0.0847 e. The number of nitrogens with one attached hydrogen (secondary N) is 1. The van der Waals surface area contributed by atoms with Crippen molar-refractivity contribution in [2.24, 2.45) is 0 Å². The van der Waals surface area contributed by atoms with Gasteiger partial charge in [0.2, 0.25) is 0 Å². The SMILES string of the molecule is CCCNC(Cc1ccsc1)Cc1c(Cl)c(C)nn1CC. The number of hydrogen-bond donors (Lipinski definition) is 1. The highest BCUT2D eigenvalue weighted by Gasteiger charge is 2.18. The summed E-state index contributed by atoms with van der Waals surface area (Å²) >= 11 is 8.20. The van der Waals surface area contributed by atoms with Crippen molar-refractivity contribution in [3.8, 4) is 0 Å². The summed E-state index contributed by atoms with van der Waals surface area (Å²) in [6.45, 7) is 8.18. The summed E-state index contributed by atoms with van der Waals surface area (Å²) in [7, 11) is 0. The molecule has 5 heteroatoms.